The molecule has 2 aromatic carbocycles. The maximum Gasteiger partial charge on any atom is 0.317 e. The number of halogens is 1. The van der Waals surface area contributed by atoms with Crippen molar-refractivity contribution < 1.29 is 22.7 Å². The number of hydrogen-bond donors (Lipinski definition) is 0. The smallest absolute Gasteiger partial charge is 0.317 e. The summed E-state index contributed by atoms with van der Waals surface area (Å²) < 4.78 is 32.2. The number of carbonyl (C=O) groups is 2. The highest BCUT2D eigenvalue weighted by molar-refractivity contribution is 7.89. The van der Waals surface area contributed by atoms with Crippen LogP contribution in [-0.2, 0) is 29.8 Å². The van der Waals surface area contributed by atoms with Gasteiger partial charge in [0, 0.05) is 31.2 Å². The van der Waals surface area contributed by atoms with E-state index in [1.54, 1.807) is 0 Å². The van der Waals surface area contributed by atoms with Gasteiger partial charge in [-0.3, -0.25) is 9.59 Å². The second kappa shape index (κ2) is 8.61. The number of nitrogens with zero attached hydrogens (tertiary/aromatic N) is 2. The van der Waals surface area contributed by atoms with Gasteiger partial charge in [-0.2, -0.15) is 4.31 Å². The number of sulfonamides is 1. The predicted octanol–water partition coefficient (Wildman–Crippen LogP) is 2.45. The SMILES string of the molecule is O=C(COC(=O)C1(c2ccccc2)CC1)N1CCN(S(=O)(=O)c2ccc(Cl)cc2)CC1. The zero-order valence-corrected chi connectivity index (χ0v) is 18.4. The average Bonchev–Trinajstić information content (AvgIpc) is 3.60. The summed E-state index contributed by atoms with van der Waals surface area (Å²) in [6.07, 6.45) is 1.43. The lowest BCUT2D eigenvalue weighted by molar-refractivity contribution is -0.154. The molecule has 1 saturated carbocycles. The third-order valence-electron chi connectivity index (χ3n) is 5.84. The first-order valence-electron chi connectivity index (χ1n) is 10.1. The van der Waals surface area contributed by atoms with Gasteiger partial charge in [0.1, 0.15) is 0 Å². The molecule has 2 fully saturated rings. The molecule has 164 valence electrons. The second-order valence-corrected chi connectivity index (χ2v) is 10.1. The minimum Gasteiger partial charge on any atom is -0.455 e. The van der Waals surface area contributed by atoms with Gasteiger partial charge in [0.05, 0.1) is 10.3 Å². The molecule has 0 bridgehead atoms. The van der Waals surface area contributed by atoms with E-state index in [1.165, 1.54) is 33.5 Å². The molecule has 0 spiro atoms. The van der Waals surface area contributed by atoms with E-state index in [9.17, 15) is 18.0 Å². The van der Waals surface area contributed by atoms with Crippen molar-refractivity contribution in [1.29, 1.82) is 0 Å². The van der Waals surface area contributed by atoms with E-state index in [1.807, 2.05) is 30.3 Å². The lowest BCUT2D eigenvalue weighted by atomic mass is 9.96. The van der Waals surface area contributed by atoms with Gasteiger partial charge in [-0.05, 0) is 42.7 Å². The molecule has 1 saturated heterocycles. The van der Waals surface area contributed by atoms with Crippen LogP contribution in [0, 0.1) is 0 Å². The first-order valence-corrected chi connectivity index (χ1v) is 11.9. The molecule has 1 aliphatic carbocycles. The lowest BCUT2D eigenvalue weighted by Gasteiger charge is -2.34. The summed E-state index contributed by atoms with van der Waals surface area (Å²) in [6.45, 7) is 0.509. The standard InChI is InChI=1S/C22H23ClN2O5S/c23-18-6-8-19(9-7-18)31(28,29)25-14-12-24(13-15-25)20(26)16-30-21(27)22(10-11-22)17-4-2-1-3-5-17/h1-9H,10-16H2. The molecule has 1 aliphatic heterocycles. The van der Waals surface area contributed by atoms with E-state index in [0.29, 0.717) is 17.9 Å². The van der Waals surface area contributed by atoms with E-state index >= 15 is 0 Å². The van der Waals surface area contributed by atoms with Crippen LogP contribution in [0.2, 0.25) is 5.02 Å². The highest BCUT2D eigenvalue weighted by Gasteiger charge is 2.52. The van der Waals surface area contributed by atoms with Gasteiger partial charge >= 0.3 is 5.97 Å². The van der Waals surface area contributed by atoms with Crippen LogP contribution in [-0.4, -0.2) is 62.3 Å². The van der Waals surface area contributed by atoms with E-state index < -0.39 is 15.4 Å². The Morgan fingerprint density at radius 1 is 0.935 bits per heavy atom. The van der Waals surface area contributed by atoms with Crippen LogP contribution in [0.5, 0.6) is 0 Å². The van der Waals surface area contributed by atoms with Crippen LogP contribution in [0.3, 0.4) is 0 Å². The Labute approximate surface area is 186 Å². The minimum atomic E-state index is -3.64. The number of esters is 1. The molecule has 31 heavy (non-hydrogen) atoms. The van der Waals surface area contributed by atoms with Crippen LogP contribution in [0.15, 0.2) is 59.5 Å². The number of hydrogen-bond acceptors (Lipinski definition) is 5. The molecule has 0 N–H and O–H groups in total. The normalized spacial score (nSPS) is 18.4. The summed E-state index contributed by atoms with van der Waals surface area (Å²) in [4.78, 5) is 26.8. The van der Waals surface area contributed by atoms with Gasteiger partial charge in [0.25, 0.3) is 5.91 Å². The molecule has 4 rings (SSSR count). The average molecular weight is 463 g/mol. The van der Waals surface area contributed by atoms with Crippen molar-refractivity contribution in [3.05, 3.63) is 65.2 Å². The maximum atomic E-state index is 12.8. The Hall–Kier alpha value is -2.42. The summed E-state index contributed by atoms with van der Waals surface area (Å²) in [5.74, 6) is -0.697. The molecule has 9 heteroatoms. The fourth-order valence-electron chi connectivity index (χ4n) is 3.78. The van der Waals surface area contributed by atoms with Crippen LogP contribution in [0.4, 0.5) is 0 Å². The van der Waals surface area contributed by atoms with Gasteiger partial charge in [0.15, 0.2) is 6.61 Å². The summed E-state index contributed by atoms with van der Waals surface area (Å²) in [5, 5.41) is 0.462. The molecule has 1 amide bonds. The molecular weight excluding hydrogens is 440 g/mol. The van der Waals surface area contributed by atoms with E-state index in [0.717, 1.165) is 5.56 Å². The molecule has 2 aliphatic rings. The lowest BCUT2D eigenvalue weighted by Crippen LogP contribution is -2.51. The monoisotopic (exact) mass is 462 g/mol. The summed E-state index contributed by atoms with van der Waals surface area (Å²) in [7, 11) is -3.64. The fourth-order valence-corrected chi connectivity index (χ4v) is 5.33. The van der Waals surface area contributed by atoms with Crippen molar-refractivity contribution in [1.82, 2.24) is 9.21 Å². The van der Waals surface area contributed by atoms with E-state index in [2.05, 4.69) is 0 Å². The Balaban J connectivity index is 1.30. The molecule has 0 aromatic heterocycles. The van der Waals surface area contributed by atoms with Crippen molar-refractivity contribution in [3.8, 4) is 0 Å². The van der Waals surface area contributed by atoms with E-state index in [4.69, 9.17) is 16.3 Å². The highest BCUT2D eigenvalue weighted by Crippen LogP contribution is 2.49. The molecule has 2 aromatic rings. The van der Waals surface area contributed by atoms with Gasteiger partial charge in [-0.25, -0.2) is 8.42 Å². The van der Waals surface area contributed by atoms with Crippen molar-refractivity contribution in [3.63, 3.8) is 0 Å². The van der Waals surface area contributed by atoms with Crippen molar-refractivity contribution in [2.75, 3.05) is 32.8 Å². The number of benzene rings is 2. The summed E-state index contributed by atoms with van der Waals surface area (Å²) >= 11 is 5.83. The van der Waals surface area contributed by atoms with Gasteiger partial charge in [0.2, 0.25) is 10.0 Å². The number of carbonyl (C=O) groups excluding carboxylic acids is 2. The number of amides is 1. The van der Waals surface area contributed by atoms with Crippen LogP contribution >= 0.6 is 11.6 Å². The largest absolute Gasteiger partial charge is 0.455 e. The molecule has 0 atom stereocenters. The summed E-state index contributed by atoms with van der Waals surface area (Å²) in [6, 6.07) is 15.4. The third kappa shape index (κ3) is 4.46. The van der Waals surface area contributed by atoms with E-state index in [-0.39, 0.29) is 49.6 Å². The predicted molar refractivity (Wildman–Crippen MR) is 115 cm³/mol. The topological polar surface area (TPSA) is 84.0 Å². The van der Waals surface area contributed by atoms with Crippen LogP contribution < -0.4 is 0 Å². The van der Waals surface area contributed by atoms with Crippen molar-refractivity contribution >= 4 is 33.5 Å². The van der Waals surface area contributed by atoms with Crippen molar-refractivity contribution in [2.24, 2.45) is 0 Å². The Morgan fingerprint density at radius 2 is 1.55 bits per heavy atom. The third-order valence-corrected chi connectivity index (χ3v) is 8.00. The van der Waals surface area contributed by atoms with Gasteiger partial charge < -0.3 is 9.64 Å². The Kier molecular flexibility index (Phi) is 6.05. The number of rotatable bonds is 6. The molecule has 0 unspecified atom stereocenters. The highest BCUT2D eigenvalue weighted by atomic mass is 35.5. The second-order valence-electron chi connectivity index (χ2n) is 7.76. The maximum absolute atomic E-state index is 12.8. The van der Waals surface area contributed by atoms with Gasteiger partial charge in [-0.1, -0.05) is 41.9 Å². The fraction of sp³-hybridized carbons (Fsp3) is 0.364. The Morgan fingerprint density at radius 3 is 2.13 bits per heavy atom. The molecule has 0 radical (unpaired) electrons. The first-order chi connectivity index (χ1) is 14.8. The molecule has 1 heterocycles. The zero-order valence-electron chi connectivity index (χ0n) is 16.9. The Bertz CT molecular complexity index is 1060. The quantitative estimate of drug-likeness (QED) is 0.616. The van der Waals surface area contributed by atoms with Crippen molar-refractivity contribution in [2.45, 2.75) is 23.2 Å². The summed E-state index contributed by atoms with van der Waals surface area (Å²) in [5.41, 5.74) is 0.279. The van der Waals surface area contributed by atoms with Crippen LogP contribution in [0.25, 0.3) is 0 Å². The molecule has 7 nitrogen and oxygen atoms in total. The first kappa shape index (κ1) is 21.8. The molecular formula is C22H23ClN2O5S. The number of piperazine rings is 1. The zero-order chi connectivity index (χ0) is 22.1. The minimum absolute atomic E-state index is 0.168. The van der Waals surface area contributed by atoms with Gasteiger partial charge in [-0.15, -0.1) is 0 Å². The number of ether oxygens (including phenoxy) is 1. The van der Waals surface area contributed by atoms with Crippen LogP contribution in [0.1, 0.15) is 18.4 Å².